The summed E-state index contributed by atoms with van der Waals surface area (Å²) in [5.74, 6) is -3.30. The van der Waals surface area contributed by atoms with E-state index in [4.69, 9.17) is 10.9 Å². The van der Waals surface area contributed by atoms with Crippen molar-refractivity contribution in [3.63, 3.8) is 0 Å². The molecule has 4 nitrogen and oxygen atoms in total. The second kappa shape index (κ2) is 6.35. The Hall–Kier alpha value is -3.48. The third-order valence-corrected chi connectivity index (χ3v) is 4.58. The van der Waals surface area contributed by atoms with Gasteiger partial charge in [0.15, 0.2) is 17.5 Å². The molecule has 0 atom stereocenters. The van der Waals surface area contributed by atoms with Gasteiger partial charge in [-0.1, -0.05) is 18.2 Å². The second-order valence-electron chi connectivity index (χ2n) is 6.15. The summed E-state index contributed by atoms with van der Waals surface area (Å²) in [6, 6.07) is 14.0. The van der Waals surface area contributed by atoms with Crippen molar-refractivity contribution in [3.8, 4) is 0 Å². The van der Waals surface area contributed by atoms with Gasteiger partial charge in [-0.15, -0.1) is 5.11 Å². The van der Waals surface area contributed by atoms with Crippen LogP contribution in [0.3, 0.4) is 0 Å². The van der Waals surface area contributed by atoms with Gasteiger partial charge in [0.25, 0.3) is 0 Å². The number of fused-ring (bicyclic) bond motifs is 3. The molecule has 1 heterocycles. The molecule has 0 radical (unpaired) electrons. The van der Waals surface area contributed by atoms with Gasteiger partial charge in [-0.05, 0) is 30.3 Å². The Bertz CT molecular complexity index is 1230. The number of halogens is 3. The summed E-state index contributed by atoms with van der Waals surface area (Å²) in [5, 5.41) is 12.6. The maximum absolute atomic E-state index is 14.2. The Balaban J connectivity index is 1.95. The van der Waals surface area contributed by atoms with Crippen molar-refractivity contribution in [1.82, 2.24) is 4.57 Å². The summed E-state index contributed by atoms with van der Waals surface area (Å²) in [6.45, 7) is 0.0205. The van der Waals surface area contributed by atoms with Crippen molar-refractivity contribution < 1.29 is 13.2 Å². The van der Waals surface area contributed by atoms with E-state index in [0.717, 1.165) is 27.9 Å². The zero-order valence-electron chi connectivity index (χ0n) is 13.9. The smallest absolute Gasteiger partial charge is 0.173 e. The third-order valence-electron chi connectivity index (χ3n) is 4.58. The molecule has 0 amide bonds. The predicted octanol–water partition coefficient (Wildman–Crippen LogP) is 5.62. The topological polar surface area (TPSA) is 65.0 Å². The van der Waals surface area contributed by atoms with Crippen molar-refractivity contribution in [2.24, 2.45) is 5.11 Å². The molecule has 0 saturated heterocycles. The summed E-state index contributed by atoms with van der Waals surface area (Å²) in [6.07, 6.45) is 0. The first-order chi connectivity index (χ1) is 13.0. The quantitative estimate of drug-likeness (QED) is 0.205. The highest BCUT2D eigenvalue weighted by Crippen LogP contribution is 2.31. The Morgan fingerprint density at radius 2 is 1.56 bits per heavy atom. The fourth-order valence-corrected chi connectivity index (χ4v) is 3.29. The first-order valence-corrected chi connectivity index (χ1v) is 8.10. The first-order valence-electron chi connectivity index (χ1n) is 8.10. The van der Waals surface area contributed by atoms with E-state index in [-0.39, 0.29) is 17.9 Å². The molecular formula is C20H13F3N4. The van der Waals surface area contributed by atoms with Gasteiger partial charge in [-0.2, -0.15) is 0 Å². The fraction of sp³-hybridized carbons (Fsp3) is 0.0500. The van der Waals surface area contributed by atoms with Crippen LogP contribution in [0.5, 0.6) is 0 Å². The van der Waals surface area contributed by atoms with Crippen LogP contribution in [-0.2, 0) is 6.54 Å². The average Bonchev–Trinajstić information content (AvgIpc) is 2.99. The van der Waals surface area contributed by atoms with E-state index < -0.39 is 17.5 Å². The third kappa shape index (κ3) is 2.77. The molecule has 0 saturated carbocycles. The average molecular weight is 366 g/mol. The van der Waals surface area contributed by atoms with Gasteiger partial charge in [0.05, 0.1) is 6.54 Å². The molecule has 1 aromatic heterocycles. The summed E-state index contributed by atoms with van der Waals surface area (Å²) < 4.78 is 42.8. The number of aromatic nitrogens is 1. The molecule has 27 heavy (non-hydrogen) atoms. The van der Waals surface area contributed by atoms with Crippen molar-refractivity contribution in [2.45, 2.75) is 6.54 Å². The van der Waals surface area contributed by atoms with Crippen LogP contribution in [0.2, 0.25) is 0 Å². The van der Waals surface area contributed by atoms with Gasteiger partial charge in [0.2, 0.25) is 0 Å². The highest BCUT2D eigenvalue weighted by atomic mass is 19.2. The van der Waals surface area contributed by atoms with Crippen LogP contribution >= 0.6 is 0 Å². The molecular weight excluding hydrogens is 353 g/mol. The standard InChI is InChI=1S/C20H13F3N4/c21-15-9-17(23)16(22)8-12(15)10-27-18-4-2-1-3-13(18)14-7-11(20(24)26-25)5-6-19(14)27/h1-9,24-25H,10H2. The Labute approximate surface area is 151 Å². The van der Waals surface area contributed by atoms with Crippen LogP contribution in [-0.4, -0.2) is 10.4 Å². The van der Waals surface area contributed by atoms with Crippen LogP contribution in [0, 0.1) is 28.4 Å². The number of hydrogen-bond acceptors (Lipinski definition) is 2. The Morgan fingerprint density at radius 1 is 0.852 bits per heavy atom. The summed E-state index contributed by atoms with van der Waals surface area (Å²) in [5.41, 5.74) is 9.09. The number of nitrogens with zero attached hydrogens (tertiary/aromatic N) is 2. The van der Waals surface area contributed by atoms with E-state index in [1.165, 1.54) is 0 Å². The molecule has 134 valence electrons. The van der Waals surface area contributed by atoms with E-state index in [1.54, 1.807) is 18.2 Å². The molecule has 0 aliphatic heterocycles. The molecule has 0 aliphatic rings. The van der Waals surface area contributed by atoms with Crippen LogP contribution in [0.1, 0.15) is 11.1 Å². The van der Waals surface area contributed by atoms with Crippen molar-refractivity contribution in [1.29, 1.82) is 10.9 Å². The first kappa shape index (κ1) is 17.0. The lowest BCUT2D eigenvalue weighted by Crippen LogP contribution is -2.04. The largest absolute Gasteiger partial charge is 0.336 e. The van der Waals surface area contributed by atoms with Crippen LogP contribution in [0.4, 0.5) is 13.2 Å². The maximum Gasteiger partial charge on any atom is 0.173 e. The lowest BCUT2D eigenvalue weighted by atomic mass is 10.1. The van der Waals surface area contributed by atoms with E-state index >= 15 is 0 Å². The molecule has 0 fully saturated rings. The molecule has 4 aromatic rings. The Kier molecular flexibility index (Phi) is 3.99. The van der Waals surface area contributed by atoms with E-state index in [1.807, 2.05) is 28.8 Å². The lowest BCUT2D eigenvalue weighted by Gasteiger charge is -2.09. The minimum Gasteiger partial charge on any atom is -0.336 e. The van der Waals surface area contributed by atoms with Crippen LogP contribution < -0.4 is 0 Å². The zero-order valence-corrected chi connectivity index (χ0v) is 13.9. The number of para-hydroxylation sites is 1. The molecule has 0 spiro atoms. The van der Waals surface area contributed by atoms with Gasteiger partial charge < -0.3 is 4.57 Å². The van der Waals surface area contributed by atoms with E-state index in [9.17, 15) is 13.2 Å². The number of benzene rings is 3. The van der Waals surface area contributed by atoms with Gasteiger partial charge in [0.1, 0.15) is 5.82 Å². The van der Waals surface area contributed by atoms with Crippen LogP contribution in [0.25, 0.3) is 21.8 Å². The van der Waals surface area contributed by atoms with Crippen molar-refractivity contribution in [3.05, 3.63) is 83.2 Å². The lowest BCUT2D eigenvalue weighted by molar-refractivity contribution is 0.489. The van der Waals surface area contributed by atoms with Crippen molar-refractivity contribution in [2.75, 3.05) is 0 Å². The zero-order chi connectivity index (χ0) is 19.1. The molecule has 2 N–H and O–H groups in total. The summed E-state index contributed by atoms with van der Waals surface area (Å²) in [7, 11) is 0. The monoisotopic (exact) mass is 366 g/mol. The molecule has 3 aromatic carbocycles. The SMILES string of the molecule is N=NC(=N)c1ccc2c(c1)c1ccccc1n2Cc1cc(F)c(F)cc1F. The molecule has 0 bridgehead atoms. The fourth-order valence-electron chi connectivity index (χ4n) is 3.29. The van der Waals surface area contributed by atoms with Gasteiger partial charge in [0, 0.05) is 39.0 Å². The number of nitrogens with one attached hydrogen (secondary N) is 2. The normalized spacial score (nSPS) is 11.2. The molecule has 0 aliphatic carbocycles. The molecule has 0 unspecified atom stereocenters. The summed E-state index contributed by atoms with van der Waals surface area (Å²) >= 11 is 0. The van der Waals surface area contributed by atoms with Crippen molar-refractivity contribution >= 4 is 27.6 Å². The molecule has 4 rings (SSSR count). The minimum absolute atomic E-state index is 0.0205. The Morgan fingerprint density at radius 3 is 2.33 bits per heavy atom. The van der Waals surface area contributed by atoms with Gasteiger partial charge in [-0.25, -0.2) is 18.7 Å². The maximum atomic E-state index is 14.2. The number of rotatable bonds is 3. The molecule has 7 heteroatoms. The van der Waals surface area contributed by atoms with E-state index in [0.29, 0.717) is 11.6 Å². The van der Waals surface area contributed by atoms with Gasteiger partial charge in [-0.3, -0.25) is 5.41 Å². The highest BCUT2D eigenvalue weighted by Gasteiger charge is 2.15. The van der Waals surface area contributed by atoms with E-state index in [2.05, 4.69) is 5.11 Å². The predicted molar refractivity (Wildman–Crippen MR) is 96.8 cm³/mol. The highest BCUT2D eigenvalue weighted by molar-refractivity contribution is 6.11. The van der Waals surface area contributed by atoms with Crippen LogP contribution in [0.15, 0.2) is 59.7 Å². The number of amidine groups is 1. The number of hydrogen-bond donors (Lipinski definition) is 2. The van der Waals surface area contributed by atoms with Gasteiger partial charge >= 0.3 is 0 Å². The summed E-state index contributed by atoms with van der Waals surface area (Å²) in [4.78, 5) is 0. The minimum atomic E-state index is -1.22. The second-order valence-corrected chi connectivity index (χ2v) is 6.15.